The van der Waals surface area contributed by atoms with Crippen molar-refractivity contribution in [2.45, 2.75) is 43.4 Å². The van der Waals surface area contributed by atoms with Crippen molar-refractivity contribution in [1.29, 1.82) is 0 Å². The molecule has 3 aliphatic rings. The highest BCUT2D eigenvalue weighted by Crippen LogP contribution is 2.41. The van der Waals surface area contributed by atoms with E-state index in [4.69, 9.17) is 0 Å². The van der Waals surface area contributed by atoms with E-state index in [0.717, 1.165) is 31.1 Å². The van der Waals surface area contributed by atoms with Crippen LogP contribution in [0.1, 0.15) is 46.6 Å². The molecule has 226 valence electrons. The summed E-state index contributed by atoms with van der Waals surface area (Å²) >= 11 is 0. The van der Waals surface area contributed by atoms with E-state index in [1.165, 1.54) is 40.5 Å². The normalized spacial score (nSPS) is 20.3. The van der Waals surface area contributed by atoms with Gasteiger partial charge in [-0.3, -0.25) is 4.79 Å². The SMILES string of the molecule is Cc1ncnc(C)c1C(=O)N1CC2=CN(CCC3(c4cccc(F)c4)CCN(S(=O)(=O)c4cccc(F)c4)CC3)CC2C1. The van der Waals surface area contributed by atoms with Gasteiger partial charge in [-0.05, 0) is 80.0 Å². The van der Waals surface area contributed by atoms with Gasteiger partial charge in [-0.15, -0.1) is 0 Å². The van der Waals surface area contributed by atoms with Crippen LogP contribution >= 0.6 is 0 Å². The zero-order chi connectivity index (χ0) is 30.4. The molecule has 3 aliphatic heterocycles. The monoisotopic (exact) mass is 607 g/mol. The fraction of sp³-hybridized carbons (Fsp3) is 0.406. The van der Waals surface area contributed by atoms with Gasteiger partial charge in [-0.1, -0.05) is 18.2 Å². The Morgan fingerprint density at radius 3 is 2.30 bits per heavy atom. The molecule has 8 nitrogen and oxygen atoms in total. The molecule has 4 heterocycles. The third kappa shape index (κ3) is 5.68. The molecule has 2 aromatic carbocycles. The molecule has 1 atom stereocenters. The first-order valence-corrected chi connectivity index (χ1v) is 16.0. The third-order valence-electron chi connectivity index (χ3n) is 9.30. The Morgan fingerprint density at radius 2 is 1.65 bits per heavy atom. The second-order valence-corrected chi connectivity index (χ2v) is 13.8. The van der Waals surface area contributed by atoms with Gasteiger partial charge >= 0.3 is 0 Å². The van der Waals surface area contributed by atoms with Crippen LogP contribution in [0.4, 0.5) is 8.78 Å². The van der Waals surface area contributed by atoms with Crippen molar-refractivity contribution >= 4 is 15.9 Å². The largest absolute Gasteiger partial charge is 0.377 e. The molecule has 0 spiro atoms. The summed E-state index contributed by atoms with van der Waals surface area (Å²) in [4.78, 5) is 25.8. The van der Waals surface area contributed by atoms with Gasteiger partial charge in [0.05, 0.1) is 21.8 Å². The molecule has 43 heavy (non-hydrogen) atoms. The fourth-order valence-corrected chi connectivity index (χ4v) is 8.32. The molecule has 2 saturated heterocycles. The van der Waals surface area contributed by atoms with Crippen molar-refractivity contribution in [1.82, 2.24) is 24.1 Å². The van der Waals surface area contributed by atoms with Crippen LogP contribution in [0.25, 0.3) is 0 Å². The third-order valence-corrected chi connectivity index (χ3v) is 11.2. The standard InChI is InChI=1S/C32H35F2N5O3S/c1-22-30(23(2)36-21-35-22)31(40)38-19-24-17-37(18-25(24)20-38)12-9-32(26-5-3-6-27(33)15-26)10-13-39(14-11-32)43(41,42)29-8-4-7-28(34)16-29/h3-8,15-17,21,25H,9-14,18-20H2,1-2H3. The number of carbonyl (C=O) groups is 1. The Bertz CT molecular complexity index is 1670. The van der Waals surface area contributed by atoms with Crippen LogP contribution in [-0.2, 0) is 15.4 Å². The number of piperidine rings is 1. The molecule has 0 N–H and O–H groups in total. The molecule has 1 aromatic heterocycles. The zero-order valence-corrected chi connectivity index (χ0v) is 25.2. The smallest absolute Gasteiger partial charge is 0.257 e. The Balaban J connectivity index is 1.15. The van der Waals surface area contributed by atoms with E-state index < -0.39 is 21.3 Å². The summed E-state index contributed by atoms with van der Waals surface area (Å²) in [5.74, 6) is -0.702. The predicted molar refractivity (Wildman–Crippen MR) is 158 cm³/mol. The van der Waals surface area contributed by atoms with E-state index in [0.29, 0.717) is 42.9 Å². The maximum Gasteiger partial charge on any atom is 0.257 e. The first-order valence-electron chi connectivity index (χ1n) is 14.6. The van der Waals surface area contributed by atoms with E-state index in [1.54, 1.807) is 12.1 Å². The lowest BCUT2D eigenvalue weighted by atomic mass is 9.70. The number of amides is 1. The van der Waals surface area contributed by atoms with Crippen LogP contribution in [0.2, 0.25) is 0 Å². The quantitative estimate of drug-likeness (QED) is 0.395. The van der Waals surface area contributed by atoms with E-state index >= 15 is 0 Å². The number of halogens is 2. The molecule has 1 unspecified atom stereocenters. The lowest BCUT2D eigenvalue weighted by Crippen LogP contribution is -2.46. The van der Waals surface area contributed by atoms with E-state index in [1.807, 2.05) is 24.8 Å². The zero-order valence-electron chi connectivity index (χ0n) is 24.3. The van der Waals surface area contributed by atoms with Crippen LogP contribution in [0.5, 0.6) is 0 Å². The summed E-state index contributed by atoms with van der Waals surface area (Å²) in [6.07, 6.45) is 5.41. The van der Waals surface area contributed by atoms with Gasteiger partial charge in [0.2, 0.25) is 10.0 Å². The van der Waals surface area contributed by atoms with Gasteiger partial charge in [-0.25, -0.2) is 27.2 Å². The minimum Gasteiger partial charge on any atom is -0.377 e. The summed E-state index contributed by atoms with van der Waals surface area (Å²) < 4.78 is 56.1. The number of carbonyl (C=O) groups excluding carboxylic acids is 1. The van der Waals surface area contributed by atoms with Crippen molar-refractivity contribution in [2.75, 3.05) is 39.3 Å². The van der Waals surface area contributed by atoms with E-state index in [9.17, 15) is 22.0 Å². The molecule has 6 rings (SSSR count). The number of sulfonamides is 1. The number of nitrogens with zero attached hydrogens (tertiary/aromatic N) is 5. The average molecular weight is 608 g/mol. The number of benzene rings is 2. The van der Waals surface area contributed by atoms with Gasteiger partial charge in [0.25, 0.3) is 5.91 Å². The Labute approximate surface area is 251 Å². The molecule has 2 fully saturated rings. The van der Waals surface area contributed by atoms with Crippen molar-refractivity contribution < 1.29 is 22.0 Å². The first-order chi connectivity index (χ1) is 20.6. The van der Waals surface area contributed by atoms with Crippen LogP contribution in [-0.4, -0.2) is 77.7 Å². The summed E-state index contributed by atoms with van der Waals surface area (Å²) in [5, 5.41) is 0. The summed E-state index contributed by atoms with van der Waals surface area (Å²) in [5.41, 5.74) is 3.62. The number of rotatable bonds is 7. The van der Waals surface area contributed by atoms with Crippen LogP contribution in [0.3, 0.4) is 0 Å². The molecule has 0 aliphatic carbocycles. The second kappa shape index (κ2) is 11.4. The summed E-state index contributed by atoms with van der Waals surface area (Å²) in [6.45, 7) is 6.90. The summed E-state index contributed by atoms with van der Waals surface area (Å²) in [7, 11) is -3.84. The molecular weight excluding hydrogens is 572 g/mol. The van der Waals surface area contributed by atoms with Crippen molar-refractivity contribution in [3.63, 3.8) is 0 Å². The maximum absolute atomic E-state index is 14.4. The lowest BCUT2D eigenvalue weighted by molar-refractivity contribution is 0.0782. The Kier molecular flexibility index (Phi) is 7.80. The van der Waals surface area contributed by atoms with Gasteiger partial charge in [0.15, 0.2) is 0 Å². The predicted octanol–water partition coefficient (Wildman–Crippen LogP) is 4.46. The number of aromatic nitrogens is 2. The Hall–Kier alpha value is -3.70. The van der Waals surface area contributed by atoms with Crippen molar-refractivity contribution in [2.24, 2.45) is 5.92 Å². The number of aryl methyl sites for hydroxylation is 2. The van der Waals surface area contributed by atoms with E-state index in [2.05, 4.69) is 21.1 Å². The molecule has 0 bridgehead atoms. The summed E-state index contributed by atoms with van der Waals surface area (Å²) in [6, 6.07) is 11.7. The minimum atomic E-state index is -3.84. The highest BCUT2D eigenvalue weighted by molar-refractivity contribution is 7.89. The average Bonchev–Trinajstić information content (AvgIpc) is 3.56. The number of hydrogen-bond donors (Lipinski definition) is 0. The van der Waals surface area contributed by atoms with E-state index in [-0.39, 0.29) is 35.6 Å². The minimum absolute atomic E-state index is 0.0394. The number of hydrogen-bond acceptors (Lipinski definition) is 6. The molecule has 11 heteroatoms. The molecule has 3 aromatic rings. The maximum atomic E-state index is 14.4. The fourth-order valence-electron chi connectivity index (χ4n) is 6.85. The topological polar surface area (TPSA) is 86.7 Å². The molecule has 1 amide bonds. The van der Waals surface area contributed by atoms with Crippen LogP contribution in [0.15, 0.2) is 71.5 Å². The molecule has 0 saturated carbocycles. The van der Waals surface area contributed by atoms with Crippen molar-refractivity contribution in [3.05, 3.63) is 101 Å². The highest BCUT2D eigenvalue weighted by Gasteiger charge is 2.41. The van der Waals surface area contributed by atoms with Crippen molar-refractivity contribution in [3.8, 4) is 0 Å². The number of likely N-dealkylation sites (tertiary alicyclic amines) is 1. The second-order valence-electron chi connectivity index (χ2n) is 11.9. The highest BCUT2D eigenvalue weighted by atomic mass is 32.2. The van der Waals surface area contributed by atoms with Gasteiger partial charge in [0.1, 0.15) is 18.0 Å². The van der Waals surface area contributed by atoms with Gasteiger partial charge < -0.3 is 9.80 Å². The lowest BCUT2D eigenvalue weighted by Gasteiger charge is -2.42. The van der Waals surface area contributed by atoms with Crippen LogP contribution < -0.4 is 0 Å². The van der Waals surface area contributed by atoms with Gasteiger partial charge in [-0.2, -0.15) is 4.31 Å². The number of fused-ring (bicyclic) bond motifs is 1. The van der Waals surface area contributed by atoms with Gasteiger partial charge in [0, 0.05) is 51.4 Å². The molecule has 0 radical (unpaired) electrons. The van der Waals surface area contributed by atoms with Crippen LogP contribution in [0, 0.1) is 31.4 Å². The molecular formula is C32H35F2N5O3S. The Morgan fingerprint density at radius 1 is 0.977 bits per heavy atom. The first kappa shape index (κ1) is 29.4.